The van der Waals surface area contributed by atoms with Gasteiger partial charge in [-0.05, 0) is 36.5 Å². The average molecular weight is 555 g/mol. The molecule has 3 atom stereocenters. The minimum atomic E-state index is -2.50. The van der Waals surface area contributed by atoms with Crippen LogP contribution in [0.15, 0.2) is 12.7 Å². The second-order valence-electron chi connectivity index (χ2n) is 13.4. The van der Waals surface area contributed by atoms with E-state index in [2.05, 4.69) is 41.2 Å². The molecule has 0 spiro atoms. The highest BCUT2D eigenvalue weighted by molar-refractivity contribution is 4.65. The molecule has 0 aromatic rings. The van der Waals surface area contributed by atoms with Crippen molar-refractivity contribution < 1.29 is 15.3 Å². The molecule has 39 heavy (non-hydrogen) atoms. The van der Waals surface area contributed by atoms with Crippen LogP contribution in [0.2, 0.25) is 0 Å². The zero-order chi connectivity index (χ0) is 29.8. The molecular formula is C36H74O3. The molecule has 3 unspecified atom stereocenters. The summed E-state index contributed by atoms with van der Waals surface area (Å²) in [6.45, 7) is 17.3. The van der Waals surface area contributed by atoms with Crippen LogP contribution in [-0.2, 0) is 0 Å². The lowest BCUT2D eigenvalue weighted by atomic mass is 9.90. The van der Waals surface area contributed by atoms with Crippen molar-refractivity contribution in [2.45, 2.75) is 195 Å². The minimum Gasteiger partial charge on any atom is -0.344 e. The first kappa shape index (κ1) is 40.8. The van der Waals surface area contributed by atoms with Crippen LogP contribution in [0, 0.1) is 23.7 Å². The molecule has 0 heterocycles. The molecule has 0 fully saturated rings. The van der Waals surface area contributed by atoms with Gasteiger partial charge < -0.3 is 15.3 Å². The topological polar surface area (TPSA) is 60.7 Å². The van der Waals surface area contributed by atoms with E-state index in [1.54, 1.807) is 0 Å². The number of rotatable bonds is 27. The highest BCUT2D eigenvalue weighted by Gasteiger charge is 2.21. The Morgan fingerprint density at radius 2 is 0.872 bits per heavy atom. The summed E-state index contributed by atoms with van der Waals surface area (Å²) in [6.07, 6.45) is 31.8. The monoisotopic (exact) mass is 555 g/mol. The average Bonchev–Trinajstić information content (AvgIpc) is 2.84. The Morgan fingerprint density at radius 1 is 0.513 bits per heavy atom. The van der Waals surface area contributed by atoms with E-state index in [-0.39, 0.29) is 12.3 Å². The first-order valence-electron chi connectivity index (χ1n) is 17.3. The van der Waals surface area contributed by atoms with E-state index in [0.717, 1.165) is 30.6 Å². The van der Waals surface area contributed by atoms with Crippen molar-refractivity contribution in [2.24, 2.45) is 23.7 Å². The second-order valence-corrected chi connectivity index (χ2v) is 13.4. The fraction of sp³-hybridized carbons (Fsp3) is 0.944. The van der Waals surface area contributed by atoms with Gasteiger partial charge in [0.2, 0.25) is 0 Å². The smallest absolute Gasteiger partial charge is 0.275 e. The summed E-state index contributed by atoms with van der Waals surface area (Å²) in [5, 5.41) is 26.9. The molecule has 0 saturated carbocycles. The van der Waals surface area contributed by atoms with Crippen LogP contribution in [0.3, 0.4) is 0 Å². The molecule has 0 aromatic carbocycles. The molecular weight excluding hydrogens is 480 g/mol. The van der Waals surface area contributed by atoms with Crippen molar-refractivity contribution in [3.8, 4) is 0 Å². The number of aliphatic hydroxyl groups is 3. The largest absolute Gasteiger partial charge is 0.344 e. The number of hydrogen-bond acceptors (Lipinski definition) is 3. The van der Waals surface area contributed by atoms with Crippen molar-refractivity contribution in [3.05, 3.63) is 12.7 Å². The van der Waals surface area contributed by atoms with Gasteiger partial charge in [0.15, 0.2) is 0 Å². The molecule has 0 aromatic heterocycles. The van der Waals surface area contributed by atoms with Crippen LogP contribution in [0.1, 0.15) is 189 Å². The van der Waals surface area contributed by atoms with E-state index in [4.69, 9.17) is 15.3 Å². The van der Waals surface area contributed by atoms with E-state index in [1.807, 2.05) is 13.0 Å². The third-order valence-electron chi connectivity index (χ3n) is 8.15. The number of unbranched alkanes of at least 4 members (excludes halogenated alkanes) is 12. The zero-order valence-corrected chi connectivity index (χ0v) is 27.7. The molecule has 0 bridgehead atoms. The quantitative estimate of drug-likeness (QED) is 0.0537. The highest BCUT2D eigenvalue weighted by Crippen LogP contribution is 2.23. The lowest BCUT2D eigenvalue weighted by Crippen LogP contribution is -2.29. The molecule has 3 nitrogen and oxygen atoms in total. The van der Waals surface area contributed by atoms with Crippen LogP contribution in [-0.4, -0.2) is 21.3 Å². The Bertz CT molecular complexity index is 482. The molecule has 0 radical (unpaired) electrons. The van der Waals surface area contributed by atoms with Crippen molar-refractivity contribution >= 4 is 0 Å². The van der Waals surface area contributed by atoms with Crippen molar-refractivity contribution in [1.29, 1.82) is 0 Å². The van der Waals surface area contributed by atoms with E-state index in [9.17, 15) is 0 Å². The minimum absolute atomic E-state index is 0.0370. The molecule has 0 aliphatic carbocycles. The van der Waals surface area contributed by atoms with Crippen LogP contribution < -0.4 is 0 Å². The highest BCUT2D eigenvalue weighted by atomic mass is 16.7. The zero-order valence-electron chi connectivity index (χ0n) is 27.7. The molecule has 0 saturated heterocycles. The Labute approximate surface area is 246 Å². The Kier molecular flexibility index (Phi) is 30.4. The van der Waals surface area contributed by atoms with Crippen molar-refractivity contribution in [1.82, 2.24) is 0 Å². The van der Waals surface area contributed by atoms with Gasteiger partial charge in [-0.1, -0.05) is 176 Å². The van der Waals surface area contributed by atoms with Gasteiger partial charge in [-0.2, -0.15) is 0 Å². The lowest BCUT2D eigenvalue weighted by molar-refractivity contribution is -0.319. The number of allylic oxidation sites excluding steroid dienone is 1. The van der Waals surface area contributed by atoms with E-state index in [1.165, 1.54) is 128 Å². The van der Waals surface area contributed by atoms with Gasteiger partial charge >= 0.3 is 0 Å². The summed E-state index contributed by atoms with van der Waals surface area (Å²) in [5.41, 5.74) is 0. The van der Waals surface area contributed by atoms with Gasteiger partial charge in [-0.3, -0.25) is 0 Å². The van der Waals surface area contributed by atoms with E-state index in [0.29, 0.717) is 0 Å². The van der Waals surface area contributed by atoms with Gasteiger partial charge in [-0.15, -0.1) is 6.58 Å². The predicted molar refractivity (Wildman–Crippen MR) is 174 cm³/mol. The second kappa shape index (κ2) is 29.1. The molecule has 3 heteroatoms. The fourth-order valence-electron chi connectivity index (χ4n) is 5.49. The maximum absolute atomic E-state index is 8.97. The first-order chi connectivity index (χ1) is 18.5. The van der Waals surface area contributed by atoms with Gasteiger partial charge in [0.25, 0.3) is 5.97 Å². The Morgan fingerprint density at radius 3 is 1.23 bits per heavy atom. The van der Waals surface area contributed by atoms with Crippen molar-refractivity contribution in [2.75, 3.05) is 0 Å². The maximum atomic E-state index is 8.97. The van der Waals surface area contributed by atoms with Crippen molar-refractivity contribution in [3.63, 3.8) is 0 Å². The molecule has 3 N–H and O–H groups in total. The third kappa shape index (κ3) is 37.6. The third-order valence-corrected chi connectivity index (χ3v) is 8.15. The standard InChI is InChI=1S/C20H42O3.C16H32/c1-16(2)9-6-10-17(3)11-7-12-18(4)13-8-14-19(5)15-20(21,22)23;1-3-5-7-9-11-13-15-16-14-12-10-8-6-4-2/h16-19,21-23H,6-15H2,1-5H3;3H,1,4-16H2,2H3. The molecule has 0 aliphatic rings. The summed E-state index contributed by atoms with van der Waals surface area (Å²) >= 11 is 0. The van der Waals surface area contributed by atoms with Gasteiger partial charge in [0.05, 0.1) is 0 Å². The van der Waals surface area contributed by atoms with E-state index >= 15 is 0 Å². The first-order valence-corrected chi connectivity index (χ1v) is 17.3. The van der Waals surface area contributed by atoms with Gasteiger partial charge in [0, 0.05) is 6.42 Å². The summed E-state index contributed by atoms with van der Waals surface area (Å²) < 4.78 is 0. The lowest BCUT2D eigenvalue weighted by Gasteiger charge is -2.20. The molecule has 0 aliphatic heterocycles. The van der Waals surface area contributed by atoms with Crippen LogP contribution in [0.4, 0.5) is 0 Å². The molecule has 236 valence electrons. The maximum Gasteiger partial charge on any atom is 0.275 e. The molecule has 0 amide bonds. The predicted octanol–water partition coefficient (Wildman–Crippen LogP) is 11.3. The normalized spacial score (nSPS) is 14.1. The van der Waals surface area contributed by atoms with Crippen LogP contribution in [0.25, 0.3) is 0 Å². The van der Waals surface area contributed by atoms with Gasteiger partial charge in [0.1, 0.15) is 0 Å². The molecule has 0 rings (SSSR count). The summed E-state index contributed by atoms with van der Waals surface area (Å²) in [5.74, 6) is 0.0666. The SMILES string of the molecule is C=CCCCCCCCCCCCCCC.CC(C)CCCC(C)CCCC(C)CCCC(C)CC(O)(O)O. The summed E-state index contributed by atoms with van der Waals surface area (Å²) in [7, 11) is 0. The van der Waals surface area contributed by atoms with Crippen LogP contribution in [0.5, 0.6) is 0 Å². The Balaban J connectivity index is 0. The van der Waals surface area contributed by atoms with Gasteiger partial charge in [-0.25, -0.2) is 0 Å². The number of hydrogen-bond donors (Lipinski definition) is 3. The summed E-state index contributed by atoms with van der Waals surface area (Å²) in [4.78, 5) is 0. The van der Waals surface area contributed by atoms with E-state index < -0.39 is 5.97 Å². The summed E-state index contributed by atoms with van der Waals surface area (Å²) in [6, 6.07) is 0. The van der Waals surface area contributed by atoms with Crippen LogP contribution >= 0.6 is 0 Å². The Hall–Kier alpha value is -0.380. The fourth-order valence-corrected chi connectivity index (χ4v) is 5.49.